The maximum Gasteiger partial charge on any atom is 1.00 e. The molecule has 0 atom stereocenters. The van der Waals surface area contributed by atoms with Crippen molar-refractivity contribution in [2.75, 3.05) is 18.6 Å². The van der Waals surface area contributed by atoms with Crippen LogP contribution in [0.3, 0.4) is 0 Å². The van der Waals surface area contributed by atoms with Crippen molar-refractivity contribution >= 4 is 22.7 Å². The van der Waals surface area contributed by atoms with E-state index in [1.807, 2.05) is 6.26 Å². The first kappa shape index (κ1) is 15.4. The summed E-state index contributed by atoms with van der Waals surface area (Å²) in [6, 6.07) is 5.81. The predicted octanol–water partition coefficient (Wildman–Crippen LogP) is -1.39. The second-order valence-corrected chi connectivity index (χ2v) is 4.41. The van der Waals surface area contributed by atoms with Crippen LogP contribution in [0.1, 0.15) is 0 Å². The van der Waals surface area contributed by atoms with Crippen molar-refractivity contribution in [3.8, 4) is 11.7 Å². The van der Waals surface area contributed by atoms with Crippen molar-refractivity contribution in [1.82, 2.24) is 0 Å². The molecule has 0 aliphatic rings. The molecule has 0 fully saturated rings. The summed E-state index contributed by atoms with van der Waals surface area (Å²) >= 11 is 1.68. The molecule has 4 nitrogen and oxygen atoms in total. The van der Waals surface area contributed by atoms with Gasteiger partial charge in [-0.3, -0.25) is 4.79 Å². The normalized spacial score (nSPS) is 10.1. The fraction of sp³-hybridized carbons (Fsp3) is 0.250. The van der Waals surface area contributed by atoms with E-state index < -0.39 is 5.95 Å². The first-order chi connectivity index (χ1) is 8.20. The Hall–Kier alpha value is -0.620. The number of thioether (sulfide) groups is 1. The standard InChI is InChI=1S/C12H12O4S.Na/c1-17-5-4-15-8-2-3-9-10(13)7-12(14)16-11(9)6-8;/h2-3,6-7,14H,4-5H2,1H3;/q;+1/p-1. The smallest absolute Gasteiger partial charge is 0.578 e. The van der Waals surface area contributed by atoms with Crippen LogP contribution in [0.15, 0.2) is 33.5 Å². The third-order valence-corrected chi connectivity index (χ3v) is 2.81. The van der Waals surface area contributed by atoms with Gasteiger partial charge in [0.15, 0.2) is 5.43 Å². The Morgan fingerprint density at radius 3 is 2.89 bits per heavy atom. The summed E-state index contributed by atoms with van der Waals surface area (Å²) in [5, 5.41) is 11.5. The molecule has 0 amide bonds. The molecule has 18 heavy (non-hydrogen) atoms. The van der Waals surface area contributed by atoms with Gasteiger partial charge in [-0.05, 0) is 24.5 Å². The minimum Gasteiger partial charge on any atom is -0.578 e. The summed E-state index contributed by atoms with van der Waals surface area (Å²) in [6.07, 6.45) is 1.99. The Kier molecular flexibility index (Phi) is 6.08. The molecule has 2 aromatic rings. The quantitative estimate of drug-likeness (QED) is 0.507. The van der Waals surface area contributed by atoms with Crippen LogP contribution in [-0.2, 0) is 0 Å². The van der Waals surface area contributed by atoms with E-state index in [1.54, 1.807) is 30.0 Å². The molecule has 0 N–H and O–H groups in total. The molecule has 0 bridgehead atoms. The second kappa shape index (κ2) is 7.09. The molecule has 6 heteroatoms. The molecule has 1 heterocycles. The van der Waals surface area contributed by atoms with Gasteiger partial charge in [0.1, 0.15) is 5.75 Å². The van der Waals surface area contributed by atoms with Crippen molar-refractivity contribution in [1.29, 1.82) is 0 Å². The largest absolute Gasteiger partial charge is 1.00 e. The number of rotatable bonds is 4. The van der Waals surface area contributed by atoms with Crippen molar-refractivity contribution in [3.63, 3.8) is 0 Å². The Morgan fingerprint density at radius 1 is 1.39 bits per heavy atom. The molecule has 0 saturated heterocycles. The third kappa shape index (κ3) is 3.68. The fourth-order valence-electron chi connectivity index (χ4n) is 1.45. The van der Waals surface area contributed by atoms with E-state index >= 15 is 0 Å². The molecule has 1 aromatic heterocycles. The van der Waals surface area contributed by atoms with Crippen LogP contribution < -0.4 is 44.8 Å². The molecule has 2 rings (SSSR count). The molecule has 90 valence electrons. The van der Waals surface area contributed by atoms with Crippen LogP contribution in [0.5, 0.6) is 11.7 Å². The van der Waals surface area contributed by atoms with Gasteiger partial charge < -0.3 is 14.3 Å². The summed E-state index contributed by atoms with van der Waals surface area (Å²) in [5.41, 5.74) is -0.0592. The maximum absolute atomic E-state index is 11.5. The second-order valence-electron chi connectivity index (χ2n) is 3.43. The molecule has 0 radical (unpaired) electrons. The maximum atomic E-state index is 11.5. The Morgan fingerprint density at radius 2 is 2.17 bits per heavy atom. The molecular weight excluding hydrogens is 263 g/mol. The van der Waals surface area contributed by atoms with E-state index in [0.29, 0.717) is 17.7 Å². The molecule has 0 saturated carbocycles. The van der Waals surface area contributed by atoms with Crippen molar-refractivity contribution in [3.05, 3.63) is 34.5 Å². The van der Waals surface area contributed by atoms with Gasteiger partial charge >= 0.3 is 29.6 Å². The van der Waals surface area contributed by atoms with E-state index in [-0.39, 0.29) is 40.6 Å². The van der Waals surface area contributed by atoms with Gasteiger partial charge in [0.2, 0.25) is 0 Å². The molecule has 0 unspecified atom stereocenters. The number of benzene rings is 1. The first-order valence-corrected chi connectivity index (χ1v) is 6.47. The van der Waals surface area contributed by atoms with Crippen molar-refractivity contribution in [2.24, 2.45) is 0 Å². The molecule has 0 spiro atoms. The van der Waals surface area contributed by atoms with Gasteiger partial charge in [0.05, 0.1) is 12.6 Å². The zero-order valence-corrected chi connectivity index (χ0v) is 13.1. The fourth-order valence-corrected chi connectivity index (χ4v) is 1.70. The SMILES string of the molecule is CSCCOc1ccc2c(=O)cc([O-])oc2c1.[Na+]. The van der Waals surface area contributed by atoms with Crippen LogP contribution >= 0.6 is 11.8 Å². The average molecular weight is 274 g/mol. The predicted molar refractivity (Wildman–Crippen MR) is 65.8 cm³/mol. The van der Waals surface area contributed by atoms with Crippen molar-refractivity contribution in [2.45, 2.75) is 0 Å². The zero-order chi connectivity index (χ0) is 12.3. The Balaban J connectivity index is 0.00000162. The van der Waals surface area contributed by atoms with Gasteiger partial charge in [-0.15, -0.1) is 0 Å². The van der Waals surface area contributed by atoms with E-state index in [0.717, 1.165) is 11.8 Å². The number of fused-ring (bicyclic) bond motifs is 1. The van der Waals surface area contributed by atoms with E-state index in [4.69, 9.17) is 9.15 Å². The van der Waals surface area contributed by atoms with Crippen LogP contribution in [0.4, 0.5) is 0 Å². The number of hydrogen-bond acceptors (Lipinski definition) is 5. The molecule has 1 aromatic carbocycles. The molecular formula is C12H11NaO4S. The number of hydrogen-bond donors (Lipinski definition) is 0. The van der Waals surface area contributed by atoms with E-state index in [9.17, 15) is 9.90 Å². The Bertz CT molecular complexity index is 582. The molecule has 0 aliphatic carbocycles. The summed E-state index contributed by atoms with van der Waals surface area (Å²) in [5.74, 6) is 0.841. The van der Waals surface area contributed by atoms with Crippen molar-refractivity contribution < 1.29 is 43.8 Å². The van der Waals surface area contributed by atoms with E-state index in [1.165, 1.54) is 0 Å². The minimum atomic E-state index is -0.635. The summed E-state index contributed by atoms with van der Waals surface area (Å²) in [6.45, 7) is 0.577. The van der Waals surface area contributed by atoms with Gasteiger partial charge in [-0.2, -0.15) is 11.8 Å². The topological polar surface area (TPSA) is 62.5 Å². The summed E-state index contributed by atoms with van der Waals surface area (Å²) in [7, 11) is 0. The Labute approximate surface area is 131 Å². The van der Waals surface area contributed by atoms with Gasteiger partial charge in [0, 0.05) is 22.8 Å². The summed E-state index contributed by atoms with van der Waals surface area (Å²) in [4.78, 5) is 11.5. The van der Waals surface area contributed by atoms with Gasteiger partial charge in [-0.1, -0.05) is 0 Å². The minimum absolute atomic E-state index is 0. The first-order valence-electron chi connectivity index (χ1n) is 5.07. The number of ether oxygens (including phenoxy) is 1. The zero-order valence-electron chi connectivity index (χ0n) is 10.3. The van der Waals surface area contributed by atoms with Crippen LogP contribution in [0.2, 0.25) is 0 Å². The monoisotopic (exact) mass is 274 g/mol. The average Bonchev–Trinajstić information content (AvgIpc) is 2.28. The summed E-state index contributed by atoms with van der Waals surface area (Å²) < 4.78 is 10.4. The van der Waals surface area contributed by atoms with Crippen LogP contribution in [-0.4, -0.2) is 18.6 Å². The van der Waals surface area contributed by atoms with Gasteiger partial charge in [0.25, 0.3) is 0 Å². The van der Waals surface area contributed by atoms with Gasteiger partial charge in [-0.25, -0.2) is 0 Å². The van der Waals surface area contributed by atoms with Crippen LogP contribution in [0.25, 0.3) is 11.0 Å². The van der Waals surface area contributed by atoms with E-state index in [2.05, 4.69) is 0 Å². The third-order valence-electron chi connectivity index (χ3n) is 2.23. The van der Waals surface area contributed by atoms with Crippen LogP contribution in [0, 0.1) is 0 Å². The molecule has 0 aliphatic heterocycles.